The van der Waals surface area contributed by atoms with Gasteiger partial charge in [-0.3, -0.25) is 9.59 Å². The van der Waals surface area contributed by atoms with Gasteiger partial charge >= 0.3 is 5.97 Å². The van der Waals surface area contributed by atoms with E-state index in [1.54, 1.807) is 24.3 Å². The van der Waals surface area contributed by atoms with Crippen LogP contribution >= 0.6 is 0 Å². The Balaban J connectivity index is 1.44. The summed E-state index contributed by atoms with van der Waals surface area (Å²) in [6, 6.07) is 5.42. The van der Waals surface area contributed by atoms with E-state index in [4.69, 9.17) is 14.2 Å². The average Bonchev–Trinajstić information content (AvgIpc) is 3.25. The molecule has 1 aromatic rings. The Bertz CT molecular complexity index is 700. The van der Waals surface area contributed by atoms with Crippen molar-refractivity contribution in [3.8, 4) is 11.5 Å². The van der Waals surface area contributed by atoms with Crippen LogP contribution in [-0.4, -0.2) is 36.0 Å². The lowest BCUT2D eigenvalue weighted by molar-refractivity contribution is -0.146. The summed E-state index contributed by atoms with van der Waals surface area (Å²) in [5.41, 5.74) is 0.856. The molecule has 0 aromatic heterocycles. The van der Waals surface area contributed by atoms with E-state index in [9.17, 15) is 14.7 Å². The number of hydrogen-bond acceptors (Lipinski definition) is 5. The maximum atomic E-state index is 12.4. The number of aliphatic carboxylic acids is 1. The van der Waals surface area contributed by atoms with Crippen LogP contribution in [0.3, 0.4) is 0 Å². The quantitative estimate of drug-likeness (QED) is 0.793. The Morgan fingerprint density at radius 1 is 1.13 bits per heavy atom. The van der Waals surface area contributed by atoms with Crippen molar-refractivity contribution in [3.05, 3.63) is 35.9 Å². The zero-order valence-corrected chi connectivity index (χ0v) is 12.1. The summed E-state index contributed by atoms with van der Waals surface area (Å²) >= 11 is 0. The number of rotatable bonds is 4. The molecule has 4 atom stereocenters. The van der Waals surface area contributed by atoms with Crippen LogP contribution in [0.2, 0.25) is 0 Å². The largest absolute Gasteiger partial charge is 0.481 e. The van der Waals surface area contributed by atoms with Crippen molar-refractivity contribution in [2.75, 3.05) is 6.79 Å². The van der Waals surface area contributed by atoms with E-state index in [2.05, 4.69) is 5.32 Å². The van der Waals surface area contributed by atoms with Crippen LogP contribution < -0.4 is 14.8 Å². The molecule has 3 aliphatic heterocycles. The number of benzene rings is 1. The molecule has 7 nitrogen and oxygen atoms in total. The van der Waals surface area contributed by atoms with Crippen molar-refractivity contribution in [3.63, 3.8) is 0 Å². The van der Waals surface area contributed by atoms with Gasteiger partial charge in [-0.15, -0.1) is 0 Å². The topological polar surface area (TPSA) is 94.1 Å². The minimum Gasteiger partial charge on any atom is -0.481 e. The van der Waals surface area contributed by atoms with Gasteiger partial charge in [-0.2, -0.15) is 0 Å². The highest BCUT2D eigenvalue weighted by Crippen LogP contribution is 2.39. The Labute approximate surface area is 131 Å². The number of carboxylic acids is 1. The minimum atomic E-state index is -1.01. The second kappa shape index (κ2) is 5.27. The van der Waals surface area contributed by atoms with Crippen LogP contribution in [0, 0.1) is 11.8 Å². The van der Waals surface area contributed by atoms with Crippen LogP contribution in [0.4, 0.5) is 0 Å². The van der Waals surface area contributed by atoms with Gasteiger partial charge < -0.3 is 24.6 Å². The van der Waals surface area contributed by atoms with Crippen LogP contribution in [0.15, 0.2) is 30.4 Å². The summed E-state index contributed by atoms with van der Waals surface area (Å²) in [4.78, 5) is 23.8. The van der Waals surface area contributed by atoms with Gasteiger partial charge in [0.25, 0.3) is 0 Å². The lowest BCUT2D eigenvalue weighted by atomic mass is 9.82. The molecule has 7 heteroatoms. The third-order valence-corrected chi connectivity index (χ3v) is 4.39. The van der Waals surface area contributed by atoms with Gasteiger partial charge in [0.1, 0.15) is 5.92 Å². The number of carbonyl (C=O) groups is 2. The first-order valence-corrected chi connectivity index (χ1v) is 7.36. The zero-order valence-electron chi connectivity index (χ0n) is 12.1. The number of fused-ring (bicyclic) bond motifs is 3. The van der Waals surface area contributed by atoms with Crippen molar-refractivity contribution in [2.24, 2.45) is 11.8 Å². The first-order chi connectivity index (χ1) is 11.1. The molecule has 3 aliphatic rings. The van der Waals surface area contributed by atoms with Crippen LogP contribution in [0.5, 0.6) is 11.5 Å². The van der Waals surface area contributed by atoms with Gasteiger partial charge in [0.2, 0.25) is 12.7 Å². The molecule has 1 saturated heterocycles. The van der Waals surface area contributed by atoms with Crippen LogP contribution in [-0.2, 0) is 20.9 Å². The predicted molar refractivity (Wildman–Crippen MR) is 76.8 cm³/mol. The van der Waals surface area contributed by atoms with E-state index in [0.29, 0.717) is 18.0 Å². The maximum absolute atomic E-state index is 12.4. The number of carbonyl (C=O) groups excluding carboxylic acids is 1. The van der Waals surface area contributed by atoms with Gasteiger partial charge in [0.15, 0.2) is 11.5 Å². The second-order valence-electron chi connectivity index (χ2n) is 5.75. The fraction of sp³-hybridized carbons (Fsp3) is 0.375. The van der Waals surface area contributed by atoms with Crippen LogP contribution in [0.1, 0.15) is 5.56 Å². The Morgan fingerprint density at radius 2 is 1.87 bits per heavy atom. The first kappa shape index (κ1) is 14.1. The molecule has 0 saturated carbocycles. The summed E-state index contributed by atoms with van der Waals surface area (Å²) in [7, 11) is 0. The minimum absolute atomic E-state index is 0.195. The molecule has 0 spiro atoms. The normalized spacial score (nSPS) is 29.7. The summed E-state index contributed by atoms with van der Waals surface area (Å²) in [5, 5.41) is 12.1. The summed E-state index contributed by atoms with van der Waals surface area (Å²) in [6.07, 6.45) is 2.50. The van der Waals surface area contributed by atoms with E-state index in [0.717, 1.165) is 5.56 Å². The standard InChI is InChI=1S/C16H15NO6/c18-15(13-10-3-4-11(23-10)14(13)16(19)20)17-6-8-1-2-9-12(5-8)22-7-21-9/h1-5,10-11,13-14H,6-7H2,(H,17,18)(H,19,20)/t10-,11-,13+,14-/m0/s1. The van der Waals surface area contributed by atoms with E-state index in [1.165, 1.54) is 0 Å². The van der Waals surface area contributed by atoms with Gasteiger partial charge in [-0.1, -0.05) is 18.2 Å². The molecular formula is C16H15NO6. The van der Waals surface area contributed by atoms with Crippen molar-refractivity contribution in [2.45, 2.75) is 18.8 Å². The van der Waals surface area contributed by atoms with Gasteiger partial charge in [0, 0.05) is 6.54 Å². The molecule has 0 radical (unpaired) electrons. The van der Waals surface area contributed by atoms with E-state index >= 15 is 0 Å². The molecular weight excluding hydrogens is 302 g/mol. The molecule has 0 aliphatic carbocycles. The number of carboxylic acid groups (broad SMARTS) is 1. The van der Waals surface area contributed by atoms with Crippen LogP contribution in [0.25, 0.3) is 0 Å². The number of amides is 1. The third kappa shape index (κ3) is 2.33. The summed E-state index contributed by atoms with van der Waals surface area (Å²) in [6.45, 7) is 0.486. The molecule has 23 heavy (non-hydrogen) atoms. The third-order valence-electron chi connectivity index (χ3n) is 4.39. The van der Waals surface area contributed by atoms with E-state index < -0.39 is 30.0 Å². The van der Waals surface area contributed by atoms with Crippen molar-refractivity contribution < 1.29 is 28.9 Å². The highest BCUT2D eigenvalue weighted by molar-refractivity contribution is 5.87. The molecule has 2 bridgehead atoms. The molecule has 3 heterocycles. The number of hydrogen-bond donors (Lipinski definition) is 2. The average molecular weight is 317 g/mol. The van der Waals surface area contributed by atoms with E-state index in [1.807, 2.05) is 6.07 Å². The molecule has 4 rings (SSSR count). The van der Waals surface area contributed by atoms with Gasteiger partial charge in [-0.25, -0.2) is 0 Å². The van der Waals surface area contributed by atoms with E-state index in [-0.39, 0.29) is 12.7 Å². The monoisotopic (exact) mass is 317 g/mol. The summed E-state index contributed by atoms with van der Waals surface area (Å²) in [5.74, 6) is -1.53. The molecule has 1 amide bonds. The lowest BCUT2D eigenvalue weighted by Crippen LogP contribution is -2.42. The molecule has 0 unspecified atom stereocenters. The molecule has 2 N–H and O–H groups in total. The molecule has 120 valence electrons. The Hall–Kier alpha value is -2.54. The second-order valence-corrected chi connectivity index (χ2v) is 5.75. The summed E-state index contributed by atoms with van der Waals surface area (Å²) < 4.78 is 16.0. The maximum Gasteiger partial charge on any atom is 0.310 e. The highest BCUT2D eigenvalue weighted by Gasteiger charge is 2.53. The van der Waals surface area contributed by atoms with Gasteiger partial charge in [-0.05, 0) is 17.7 Å². The van der Waals surface area contributed by atoms with Crippen molar-refractivity contribution in [1.29, 1.82) is 0 Å². The number of nitrogens with one attached hydrogen (secondary N) is 1. The zero-order chi connectivity index (χ0) is 16.0. The SMILES string of the molecule is O=C(O)[C@@H]1[C@H](C(=O)NCc2ccc3c(c2)OCO3)[C@@H]2C=C[C@@H]1O2. The van der Waals surface area contributed by atoms with Crippen molar-refractivity contribution >= 4 is 11.9 Å². The Morgan fingerprint density at radius 3 is 2.65 bits per heavy atom. The van der Waals surface area contributed by atoms with Gasteiger partial charge in [0.05, 0.1) is 18.1 Å². The predicted octanol–water partition coefficient (Wildman–Crippen LogP) is 0.686. The smallest absolute Gasteiger partial charge is 0.310 e. The number of ether oxygens (including phenoxy) is 3. The first-order valence-electron chi connectivity index (χ1n) is 7.36. The lowest BCUT2D eigenvalue weighted by Gasteiger charge is -2.21. The fourth-order valence-corrected chi connectivity index (χ4v) is 3.27. The Kier molecular flexibility index (Phi) is 3.23. The molecule has 1 aromatic carbocycles. The highest BCUT2D eigenvalue weighted by atomic mass is 16.7. The molecule has 1 fully saturated rings. The fourth-order valence-electron chi connectivity index (χ4n) is 3.27. The van der Waals surface area contributed by atoms with Crippen molar-refractivity contribution in [1.82, 2.24) is 5.32 Å².